The minimum atomic E-state index is -0.585. The Balaban J connectivity index is 2.09. The number of carbonyl (C=O) groups excluding carboxylic acids is 1. The Morgan fingerprint density at radius 3 is 2.95 bits per heavy atom. The molecular formula is C11H12FN5O2. The second-order valence-electron chi connectivity index (χ2n) is 3.72. The average Bonchev–Trinajstić information content (AvgIpc) is 2.81. The van der Waals surface area contributed by atoms with E-state index in [1.807, 2.05) is 0 Å². The highest BCUT2D eigenvalue weighted by atomic mass is 19.1. The van der Waals surface area contributed by atoms with Gasteiger partial charge < -0.3 is 15.2 Å². The zero-order valence-electron chi connectivity index (χ0n) is 10.4. The Kier molecular flexibility index (Phi) is 3.69. The molecule has 0 atom stereocenters. The van der Waals surface area contributed by atoms with Crippen molar-refractivity contribution in [3.05, 3.63) is 35.4 Å². The molecule has 2 N–H and O–H groups in total. The zero-order valence-corrected chi connectivity index (χ0v) is 10.4. The Hall–Kier alpha value is -2.51. The van der Waals surface area contributed by atoms with Crippen molar-refractivity contribution >= 4 is 11.7 Å². The summed E-state index contributed by atoms with van der Waals surface area (Å²) < 4.78 is 17.9. The van der Waals surface area contributed by atoms with Crippen molar-refractivity contribution in [1.29, 1.82) is 0 Å². The third-order valence-corrected chi connectivity index (χ3v) is 2.31. The Morgan fingerprint density at radius 1 is 1.53 bits per heavy atom. The molecule has 1 amide bonds. The molecule has 0 spiro atoms. The summed E-state index contributed by atoms with van der Waals surface area (Å²) in [5.41, 5.74) is 0.110. The first-order valence-corrected chi connectivity index (χ1v) is 5.51. The van der Waals surface area contributed by atoms with Crippen LogP contribution in [0.25, 0.3) is 0 Å². The predicted molar refractivity (Wildman–Crippen MR) is 63.9 cm³/mol. The predicted octanol–water partition coefficient (Wildman–Crippen LogP) is 0.884. The number of anilines is 1. The fraction of sp³-hybridized carbons (Fsp3) is 0.273. The molecule has 0 unspecified atom stereocenters. The van der Waals surface area contributed by atoms with Gasteiger partial charge in [-0.1, -0.05) is 5.16 Å². The molecule has 0 aliphatic rings. The van der Waals surface area contributed by atoms with Crippen molar-refractivity contribution in [2.75, 3.05) is 12.4 Å². The molecule has 2 aromatic rings. The molecule has 2 aromatic heterocycles. The van der Waals surface area contributed by atoms with E-state index in [1.54, 1.807) is 14.0 Å². The minimum Gasteiger partial charge on any atom is -0.372 e. The van der Waals surface area contributed by atoms with Gasteiger partial charge in [-0.25, -0.2) is 9.37 Å². The first-order valence-electron chi connectivity index (χ1n) is 5.51. The fourth-order valence-electron chi connectivity index (χ4n) is 1.47. The number of aryl methyl sites for hydroxylation is 1. The third kappa shape index (κ3) is 3.03. The highest BCUT2D eigenvalue weighted by Crippen LogP contribution is 2.12. The first kappa shape index (κ1) is 12.9. The van der Waals surface area contributed by atoms with Gasteiger partial charge in [0, 0.05) is 7.05 Å². The maximum Gasteiger partial charge on any atom is 0.255 e. The summed E-state index contributed by atoms with van der Waals surface area (Å²) in [6, 6.07) is 1.10. The molecule has 2 rings (SSSR count). The van der Waals surface area contributed by atoms with E-state index >= 15 is 0 Å². The summed E-state index contributed by atoms with van der Waals surface area (Å²) in [6.45, 7) is 1.74. The summed E-state index contributed by atoms with van der Waals surface area (Å²) in [7, 11) is 1.60. The quantitative estimate of drug-likeness (QED) is 0.852. The van der Waals surface area contributed by atoms with E-state index in [4.69, 9.17) is 4.52 Å². The number of nitrogens with zero attached hydrogens (tertiary/aromatic N) is 3. The lowest BCUT2D eigenvalue weighted by molar-refractivity contribution is 0.0946. The van der Waals surface area contributed by atoms with Crippen molar-refractivity contribution in [3.63, 3.8) is 0 Å². The molecular weight excluding hydrogens is 253 g/mol. The lowest BCUT2D eigenvalue weighted by atomic mass is 10.2. The maximum absolute atomic E-state index is 13.1. The number of amides is 1. The number of hydrogen-bond donors (Lipinski definition) is 2. The molecule has 7 nitrogen and oxygen atoms in total. The van der Waals surface area contributed by atoms with Gasteiger partial charge in [-0.2, -0.15) is 4.98 Å². The number of aromatic nitrogens is 3. The van der Waals surface area contributed by atoms with Crippen LogP contribution in [0.5, 0.6) is 0 Å². The maximum atomic E-state index is 13.1. The van der Waals surface area contributed by atoms with E-state index in [9.17, 15) is 9.18 Å². The Bertz CT molecular complexity index is 599. The molecule has 8 heteroatoms. The molecule has 0 saturated heterocycles. The van der Waals surface area contributed by atoms with E-state index in [1.165, 1.54) is 0 Å². The van der Waals surface area contributed by atoms with Gasteiger partial charge in [-0.15, -0.1) is 0 Å². The van der Waals surface area contributed by atoms with E-state index in [0.717, 1.165) is 12.3 Å². The van der Waals surface area contributed by atoms with Crippen LogP contribution in [0.2, 0.25) is 0 Å². The van der Waals surface area contributed by atoms with Gasteiger partial charge in [0.25, 0.3) is 5.91 Å². The number of halogens is 1. The normalized spacial score (nSPS) is 10.3. The minimum absolute atomic E-state index is 0.0688. The zero-order chi connectivity index (χ0) is 13.8. The highest BCUT2D eigenvalue weighted by Gasteiger charge is 2.14. The molecule has 2 heterocycles. The van der Waals surface area contributed by atoms with Gasteiger partial charge in [0.1, 0.15) is 11.6 Å². The van der Waals surface area contributed by atoms with Crippen LogP contribution >= 0.6 is 0 Å². The van der Waals surface area contributed by atoms with Gasteiger partial charge in [0.05, 0.1) is 18.3 Å². The molecule has 0 saturated carbocycles. The number of carbonyl (C=O) groups is 1. The molecule has 0 aliphatic heterocycles. The lowest BCUT2D eigenvalue weighted by Gasteiger charge is -2.07. The number of nitrogens with one attached hydrogen (secondary N) is 2. The van der Waals surface area contributed by atoms with Crippen molar-refractivity contribution in [2.24, 2.45) is 0 Å². The monoisotopic (exact) mass is 265 g/mol. The van der Waals surface area contributed by atoms with Crippen LogP contribution in [0.15, 0.2) is 16.8 Å². The molecule has 0 radical (unpaired) electrons. The van der Waals surface area contributed by atoms with Crippen molar-refractivity contribution in [2.45, 2.75) is 13.5 Å². The van der Waals surface area contributed by atoms with Gasteiger partial charge >= 0.3 is 0 Å². The Morgan fingerprint density at radius 2 is 2.32 bits per heavy atom. The lowest BCUT2D eigenvalue weighted by Crippen LogP contribution is -2.24. The van der Waals surface area contributed by atoms with Gasteiger partial charge in [0.15, 0.2) is 5.82 Å². The van der Waals surface area contributed by atoms with Crippen molar-refractivity contribution in [3.8, 4) is 0 Å². The molecule has 19 heavy (non-hydrogen) atoms. The molecule has 0 fully saturated rings. The number of hydrogen-bond acceptors (Lipinski definition) is 6. The van der Waals surface area contributed by atoms with Crippen molar-refractivity contribution < 1.29 is 13.7 Å². The topological polar surface area (TPSA) is 92.9 Å². The summed E-state index contributed by atoms with van der Waals surface area (Å²) in [5, 5.41) is 8.86. The van der Waals surface area contributed by atoms with Crippen molar-refractivity contribution in [1.82, 2.24) is 20.4 Å². The van der Waals surface area contributed by atoms with Crippen LogP contribution in [0.1, 0.15) is 22.1 Å². The standard InChI is InChI=1S/C11H12FN5O2/c1-6-16-9(19-17-6)5-15-11(18)8-3-7(12)4-14-10(8)13-2/h3-4H,5H2,1-2H3,(H,13,14)(H,15,18). The second-order valence-corrected chi connectivity index (χ2v) is 3.72. The summed E-state index contributed by atoms with van der Waals surface area (Å²) >= 11 is 0. The van der Waals surface area contributed by atoms with Gasteiger partial charge in [-0.05, 0) is 13.0 Å². The number of pyridine rings is 1. The van der Waals surface area contributed by atoms with E-state index in [0.29, 0.717) is 11.6 Å². The number of rotatable bonds is 4. The highest BCUT2D eigenvalue weighted by molar-refractivity contribution is 5.98. The van der Waals surface area contributed by atoms with Crippen LogP contribution in [-0.4, -0.2) is 28.1 Å². The smallest absolute Gasteiger partial charge is 0.255 e. The molecule has 0 aliphatic carbocycles. The largest absolute Gasteiger partial charge is 0.372 e. The molecule has 0 bridgehead atoms. The SMILES string of the molecule is CNc1ncc(F)cc1C(=O)NCc1nc(C)no1. The summed E-state index contributed by atoms with van der Waals surface area (Å²) in [4.78, 5) is 19.6. The fourth-order valence-corrected chi connectivity index (χ4v) is 1.47. The Labute approximate surface area is 108 Å². The van der Waals surface area contributed by atoms with Crippen LogP contribution < -0.4 is 10.6 Å². The van der Waals surface area contributed by atoms with E-state index in [2.05, 4.69) is 25.8 Å². The van der Waals surface area contributed by atoms with Crippen LogP contribution in [0, 0.1) is 12.7 Å². The van der Waals surface area contributed by atoms with E-state index < -0.39 is 11.7 Å². The van der Waals surface area contributed by atoms with E-state index in [-0.39, 0.29) is 18.0 Å². The summed E-state index contributed by atoms with van der Waals surface area (Å²) in [5.74, 6) is -0.0144. The van der Waals surface area contributed by atoms with Crippen LogP contribution in [0.3, 0.4) is 0 Å². The average molecular weight is 265 g/mol. The van der Waals surface area contributed by atoms with Crippen LogP contribution in [0.4, 0.5) is 10.2 Å². The molecule has 100 valence electrons. The van der Waals surface area contributed by atoms with Gasteiger partial charge in [0.2, 0.25) is 5.89 Å². The molecule has 0 aromatic carbocycles. The summed E-state index contributed by atoms with van der Waals surface area (Å²) in [6.07, 6.45) is 1.03. The third-order valence-electron chi connectivity index (χ3n) is 2.31. The first-order chi connectivity index (χ1) is 9.10. The second kappa shape index (κ2) is 5.42. The van der Waals surface area contributed by atoms with Gasteiger partial charge in [-0.3, -0.25) is 4.79 Å². The van der Waals surface area contributed by atoms with Crippen LogP contribution in [-0.2, 0) is 6.54 Å².